The number of nitrogens with one attached hydrogen (secondary N) is 1. The number of oxazole rings is 1. The molecular weight excluding hydrogens is 326 g/mol. The van der Waals surface area contributed by atoms with Crippen molar-refractivity contribution < 1.29 is 18.0 Å². The standard InChI is InChI=1S/C19H24F2N2O2/c1-12(2)7-8-13(3)23-17(24)9-10-18-22-11-16(25-18)19-14(20)5-4-6-15(19)21/h4-6,11-13H,7-10H2,1-3H3,(H,23,24). The summed E-state index contributed by atoms with van der Waals surface area (Å²) < 4.78 is 32.9. The Balaban J connectivity index is 1.88. The third-order valence-electron chi connectivity index (χ3n) is 3.91. The molecule has 1 atom stereocenters. The van der Waals surface area contributed by atoms with Gasteiger partial charge in [0.05, 0.1) is 11.8 Å². The zero-order chi connectivity index (χ0) is 18.4. The van der Waals surface area contributed by atoms with Crippen LogP contribution in [-0.2, 0) is 11.2 Å². The third-order valence-corrected chi connectivity index (χ3v) is 3.91. The highest BCUT2D eigenvalue weighted by Gasteiger charge is 2.16. The summed E-state index contributed by atoms with van der Waals surface area (Å²) >= 11 is 0. The summed E-state index contributed by atoms with van der Waals surface area (Å²) in [6.45, 7) is 6.27. The summed E-state index contributed by atoms with van der Waals surface area (Å²) in [4.78, 5) is 16.0. The number of aromatic nitrogens is 1. The largest absolute Gasteiger partial charge is 0.441 e. The molecule has 25 heavy (non-hydrogen) atoms. The first-order chi connectivity index (χ1) is 11.9. The van der Waals surface area contributed by atoms with Gasteiger partial charge < -0.3 is 9.73 Å². The molecule has 0 aliphatic rings. The number of carbonyl (C=O) groups excluding carboxylic acids is 1. The van der Waals surface area contributed by atoms with Crippen molar-refractivity contribution in [1.29, 1.82) is 0 Å². The summed E-state index contributed by atoms with van der Waals surface area (Å²) in [5.41, 5.74) is -0.243. The highest BCUT2D eigenvalue weighted by Crippen LogP contribution is 2.26. The molecule has 6 heteroatoms. The fourth-order valence-corrected chi connectivity index (χ4v) is 2.50. The van der Waals surface area contributed by atoms with Crippen LogP contribution in [0.25, 0.3) is 11.3 Å². The quantitative estimate of drug-likeness (QED) is 0.763. The Labute approximate surface area is 146 Å². The van der Waals surface area contributed by atoms with Crippen molar-refractivity contribution in [2.24, 2.45) is 5.92 Å². The van der Waals surface area contributed by atoms with Crippen LogP contribution in [0.15, 0.2) is 28.8 Å². The minimum Gasteiger partial charge on any atom is -0.441 e. The van der Waals surface area contributed by atoms with Gasteiger partial charge in [-0.05, 0) is 37.8 Å². The van der Waals surface area contributed by atoms with Gasteiger partial charge in [-0.1, -0.05) is 19.9 Å². The number of amides is 1. The van der Waals surface area contributed by atoms with Crippen LogP contribution in [-0.4, -0.2) is 16.9 Å². The maximum Gasteiger partial charge on any atom is 0.220 e. The van der Waals surface area contributed by atoms with E-state index >= 15 is 0 Å². The second-order valence-corrected chi connectivity index (χ2v) is 6.65. The molecule has 1 aromatic heterocycles. The predicted molar refractivity (Wildman–Crippen MR) is 91.9 cm³/mol. The van der Waals surface area contributed by atoms with E-state index in [0.29, 0.717) is 5.92 Å². The lowest BCUT2D eigenvalue weighted by Gasteiger charge is -2.14. The van der Waals surface area contributed by atoms with Crippen molar-refractivity contribution in [3.05, 3.63) is 41.9 Å². The Kier molecular flexibility index (Phi) is 6.67. The third kappa shape index (κ3) is 5.66. The van der Waals surface area contributed by atoms with E-state index < -0.39 is 11.6 Å². The Morgan fingerprint density at radius 1 is 1.20 bits per heavy atom. The van der Waals surface area contributed by atoms with E-state index in [1.54, 1.807) is 0 Å². The van der Waals surface area contributed by atoms with E-state index in [1.807, 2.05) is 6.92 Å². The summed E-state index contributed by atoms with van der Waals surface area (Å²) in [7, 11) is 0. The van der Waals surface area contributed by atoms with Gasteiger partial charge in [-0.3, -0.25) is 4.79 Å². The van der Waals surface area contributed by atoms with E-state index in [9.17, 15) is 13.6 Å². The minimum atomic E-state index is -0.709. The maximum atomic E-state index is 13.7. The lowest BCUT2D eigenvalue weighted by Crippen LogP contribution is -2.32. The van der Waals surface area contributed by atoms with Crippen LogP contribution in [0.3, 0.4) is 0 Å². The van der Waals surface area contributed by atoms with Gasteiger partial charge in [-0.15, -0.1) is 0 Å². The van der Waals surface area contributed by atoms with E-state index in [4.69, 9.17) is 4.42 Å². The van der Waals surface area contributed by atoms with Crippen LogP contribution in [0, 0.1) is 17.6 Å². The van der Waals surface area contributed by atoms with Crippen LogP contribution < -0.4 is 5.32 Å². The molecule has 0 aliphatic heterocycles. The lowest BCUT2D eigenvalue weighted by atomic mass is 10.0. The fourth-order valence-electron chi connectivity index (χ4n) is 2.50. The molecule has 0 aliphatic carbocycles. The Bertz CT molecular complexity index is 693. The summed E-state index contributed by atoms with van der Waals surface area (Å²) in [6, 6.07) is 3.72. The van der Waals surface area contributed by atoms with Gasteiger partial charge in [-0.25, -0.2) is 13.8 Å². The monoisotopic (exact) mass is 350 g/mol. The van der Waals surface area contributed by atoms with Crippen LogP contribution in [0.4, 0.5) is 8.78 Å². The van der Waals surface area contributed by atoms with Crippen molar-refractivity contribution >= 4 is 5.91 Å². The number of carbonyl (C=O) groups is 1. The average Bonchev–Trinajstić information content (AvgIpc) is 2.99. The SMILES string of the molecule is CC(C)CCC(C)NC(=O)CCc1ncc(-c2c(F)cccc2F)o1. The Morgan fingerprint density at radius 3 is 2.52 bits per heavy atom. The first-order valence-corrected chi connectivity index (χ1v) is 8.55. The number of rotatable bonds is 8. The molecule has 2 aromatic rings. The number of hydrogen-bond donors (Lipinski definition) is 1. The topological polar surface area (TPSA) is 55.1 Å². The van der Waals surface area contributed by atoms with Gasteiger partial charge >= 0.3 is 0 Å². The first-order valence-electron chi connectivity index (χ1n) is 8.55. The Hall–Kier alpha value is -2.24. The molecule has 1 unspecified atom stereocenters. The average molecular weight is 350 g/mol. The minimum absolute atomic E-state index is 0.0244. The molecule has 0 bridgehead atoms. The summed E-state index contributed by atoms with van der Waals surface area (Å²) in [5, 5.41) is 2.93. The van der Waals surface area contributed by atoms with E-state index in [0.717, 1.165) is 25.0 Å². The number of halogens is 2. The van der Waals surface area contributed by atoms with Crippen LogP contribution >= 0.6 is 0 Å². The molecule has 2 rings (SSSR count). The molecule has 1 amide bonds. The number of nitrogens with zero attached hydrogens (tertiary/aromatic N) is 1. The molecule has 0 radical (unpaired) electrons. The van der Waals surface area contributed by atoms with Gasteiger partial charge in [-0.2, -0.15) is 0 Å². The zero-order valence-electron chi connectivity index (χ0n) is 14.8. The van der Waals surface area contributed by atoms with E-state index in [-0.39, 0.29) is 42.0 Å². The highest BCUT2D eigenvalue weighted by molar-refractivity contribution is 5.76. The van der Waals surface area contributed by atoms with Gasteiger partial charge in [0.15, 0.2) is 11.7 Å². The maximum absolute atomic E-state index is 13.7. The molecule has 136 valence electrons. The molecular formula is C19H24F2N2O2. The summed E-state index contributed by atoms with van der Waals surface area (Å²) in [6.07, 6.45) is 3.75. The smallest absolute Gasteiger partial charge is 0.220 e. The van der Waals surface area contributed by atoms with Crippen molar-refractivity contribution in [3.63, 3.8) is 0 Å². The van der Waals surface area contributed by atoms with Crippen LogP contribution in [0.1, 0.15) is 45.9 Å². The first kappa shape index (κ1) is 19.1. The second kappa shape index (κ2) is 8.74. The van der Waals surface area contributed by atoms with Gasteiger partial charge in [0, 0.05) is 18.9 Å². The van der Waals surface area contributed by atoms with Gasteiger partial charge in [0.2, 0.25) is 5.91 Å². The molecule has 1 N–H and O–H groups in total. The van der Waals surface area contributed by atoms with Crippen molar-refractivity contribution in [2.45, 2.75) is 52.5 Å². The molecule has 0 spiro atoms. The lowest BCUT2D eigenvalue weighted by molar-refractivity contribution is -0.121. The molecule has 1 aromatic carbocycles. The predicted octanol–water partition coefficient (Wildman–Crippen LogP) is 4.49. The molecule has 1 heterocycles. The van der Waals surface area contributed by atoms with Gasteiger partial charge in [0.1, 0.15) is 11.6 Å². The highest BCUT2D eigenvalue weighted by atomic mass is 19.1. The molecule has 4 nitrogen and oxygen atoms in total. The van der Waals surface area contributed by atoms with Gasteiger partial charge in [0.25, 0.3) is 0 Å². The number of hydrogen-bond acceptors (Lipinski definition) is 3. The summed E-state index contributed by atoms with van der Waals surface area (Å²) in [5.74, 6) is -0.602. The van der Waals surface area contributed by atoms with Crippen LogP contribution in [0.5, 0.6) is 0 Å². The van der Waals surface area contributed by atoms with E-state index in [1.165, 1.54) is 12.3 Å². The van der Waals surface area contributed by atoms with Crippen molar-refractivity contribution in [3.8, 4) is 11.3 Å². The number of aryl methyl sites for hydroxylation is 1. The van der Waals surface area contributed by atoms with Crippen molar-refractivity contribution in [2.75, 3.05) is 0 Å². The second-order valence-electron chi connectivity index (χ2n) is 6.65. The normalized spacial score (nSPS) is 12.4. The van der Waals surface area contributed by atoms with Crippen LogP contribution in [0.2, 0.25) is 0 Å². The number of benzene rings is 1. The fraction of sp³-hybridized carbons (Fsp3) is 0.474. The van der Waals surface area contributed by atoms with Crippen molar-refractivity contribution in [1.82, 2.24) is 10.3 Å². The molecule has 0 fully saturated rings. The molecule has 0 saturated heterocycles. The van der Waals surface area contributed by atoms with E-state index in [2.05, 4.69) is 24.1 Å². The Morgan fingerprint density at radius 2 is 1.88 bits per heavy atom. The zero-order valence-corrected chi connectivity index (χ0v) is 14.8. The molecule has 0 saturated carbocycles.